The second-order valence-electron chi connectivity index (χ2n) is 3.50. The second-order valence-corrected chi connectivity index (χ2v) is 3.50. The molecular formula is C13H21IN2O2. The topological polar surface area (TPSA) is 43.8 Å². The first-order valence-corrected chi connectivity index (χ1v) is 7.96. The zero-order valence-corrected chi connectivity index (χ0v) is 13.5. The van der Waals surface area contributed by atoms with Gasteiger partial charge in [0.1, 0.15) is 0 Å². The Morgan fingerprint density at radius 3 is 2.00 bits per heavy atom. The molecule has 0 aromatic heterocycles. The van der Waals surface area contributed by atoms with Crippen molar-refractivity contribution in [3.63, 3.8) is 0 Å². The minimum absolute atomic E-state index is 0.721. The van der Waals surface area contributed by atoms with Gasteiger partial charge >= 0.3 is 6.09 Å². The Labute approximate surface area is 123 Å². The molecule has 1 aromatic rings. The number of rotatable bonds is 4. The first kappa shape index (κ1) is 17.0. The molecule has 1 aromatic carbocycles. The Hall–Kier alpha value is -0.980. The van der Waals surface area contributed by atoms with E-state index in [4.69, 9.17) is 5.11 Å². The number of para-hydroxylation sites is 2. The summed E-state index contributed by atoms with van der Waals surface area (Å²) in [5.74, 6) is 0. The predicted molar refractivity (Wildman–Crippen MR) is 86.4 cm³/mol. The summed E-state index contributed by atoms with van der Waals surface area (Å²) in [5, 5.41) is 8.99. The number of alkyl halides is 1. The molecule has 0 spiro atoms. The third-order valence-electron chi connectivity index (χ3n) is 2.63. The van der Waals surface area contributed by atoms with E-state index in [0.717, 1.165) is 24.5 Å². The van der Waals surface area contributed by atoms with Crippen LogP contribution in [-0.2, 0) is 0 Å². The number of anilines is 2. The number of hydrogen-bond acceptors (Lipinski definition) is 2. The van der Waals surface area contributed by atoms with Gasteiger partial charge in [-0.25, -0.2) is 4.79 Å². The zero-order valence-electron chi connectivity index (χ0n) is 11.4. The van der Waals surface area contributed by atoms with Crippen LogP contribution in [-0.4, -0.2) is 36.3 Å². The largest absolute Gasteiger partial charge is 0.465 e. The molecular weight excluding hydrogens is 343 g/mol. The lowest BCUT2D eigenvalue weighted by molar-refractivity contribution is 0.203. The molecule has 1 amide bonds. The van der Waals surface area contributed by atoms with E-state index in [2.05, 4.69) is 41.3 Å². The molecule has 0 aliphatic carbocycles. The molecule has 0 saturated heterocycles. The molecule has 0 unspecified atom stereocenters. The molecule has 5 heteroatoms. The van der Waals surface area contributed by atoms with Crippen molar-refractivity contribution < 1.29 is 9.90 Å². The summed E-state index contributed by atoms with van der Waals surface area (Å²) in [6.07, 6.45) is -0.945. The molecule has 0 bridgehead atoms. The van der Waals surface area contributed by atoms with E-state index in [-0.39, 0.29) is 0 Å². The van der Waals surface area contributed by atoms with Gasteiger partial charge in [-0.1, -0.05) is 34.7 Å². The number of hydrogen-bond donors (Lipinski definition) is 1. The van der Waals surface area contributed by atoms with Crippen LogP contribution in [0.5, 0.6) is 0 Å². The summed E-state index contributed by atoms with van der Waals surface area (Å²) in [5.41, 5.74) is 1.68. The van der Waals surface area contributed by atoms with E-state index < -0.39 is 6.09 Å². The highest BCUT2D eigenvalue weighted by Crippen LogP contribution is 2.28. The van der Waals surface area contributed by atoms with E-state index >= 15 is 0 Å². The summed E-state index contributed by atoms with van der Waals surface area (Å²) in [6, 6.07) is 7.54. The fourth-order valence-corrected chi connectivity index (χ4v) is 1.68. The average molecular weight is 364 g/mol. The van der Waals surface area contributed by atoms with Crippen LogP contribution in [0.2, 0.25) is 0 Å². The van der Waals surface area contributed by atoms with Gasteiger partial charge in [-0.3, -0.25) is 4.90 Å². The summed E-state index contributed by atoms with van der Waals surface area (Å²) in [7, 11) is 1.56. The molecule has 0 heterocycles. The van der Waals surface area contributed by atoms with Gasteiger partial charge < -0.3 is 10.0 Å². The molecule has 1 N–H and O–H groups in total. The standard InChI is InChI=1S/C12H18N2O2.CH3I/c1-4-14(5-2)11-9-7-6-8-10(11)13(3)12(15)16;1-2/h6-9H,4-5H2,1-3H3,(H,15,16);1H3. The number of carbonyl (C=O) groups is 1. The Kier molecular flexibility index (Phi) is 8.53. The van der Waals surface area contributed by atoms with Gasteiger partial charge in [-0.05, 0) is 30.9 Å². The van der Waals surface area contributed by atoms with Crippen LogP contribution in [0.15, 0.2) is 24.3 Å². The lowest BCUT2D eigenvalue weighted by Crippen LogP contribution is -2.28. The van der Waals surface area contributed by atoms with Crippen molar-refractivity contribution in [2.24, 2.45) is 0 Å². The lowest BCUT2D eigenvalue weighted by Gasteiger charge is -2.26. The number of halogens is 1. The normalized spacial score (nSPS) is 9.17. The van der Waals surface area contributed by atoms with Crippen molar-refractivity contribution in [1.82, 2.24) is 0 Å². The van der Waals surface area contributed by atoms with Crippen LogP contribution in [0, 0.1) is 0 Å². The Bertz CT molecular complexity index is 368. The quantitative estimate of drug-likeness (QED) is 0.655. The summed E-state index contributed by atoms with van der Waals surface area (Å²) in [6.45, 7) is 5.84. The van der Waals surface area contributed by atoms with Crippen molar-refractivity contribution >= 4 is 40.1 Å². The van der Waals surface area contributed by atoms with Crippen LogP contribution < -0.4 is 9.80 Å². The van der Waals surface area contributed by atoms with Crippen LogP contribution >= 0.6 is 22.6 Å². The van der Waals surface area contributed by atoms with Crippen LogP contribution in [0.4, 0.5) is 16.2 Å². The van der Waals surface area contributed by atoms with Crippen molar-refractivity contribution in [2.45, 2.75) is 13.8 Å². The molecule has 0 fully saturated rings. The average Bonchev–Trinajstić information content (AvgIpc) is 2.42. The second kappa shape index (κ2) is 9.02. The molecule has 102 valence electrons. The van der Waals surface area contributed by atoms with E-state index in [9.17, 15) is 4.79 Å². The Morgan fingerprint density at radius 1 is 1.17 bits per heavy atom. The molecule has 18 heavy (non-hydrogen) atoms. The van der Waals surface area contributed by atoms with Gasteiger partial charge in [0.15, 0.2) is 0 Å². The molecule has 1 rings (SSSR count). The third-order valence-corrected chi connectivity index (χ3v) is 2.63. The van der Waals surface area contributed by atoms with Gasteiger partial charge in [0.05, 0.1) is 11.4 Å². The monoisotopic (exact) mass is 364 g/mol. The van der Waals surface area contributed by atoms with Crippen LogP contribution in [0.3, 0.4) is 0 Å². The zero-order chi connectivity index (χ0) is 14.1. The summed E-state index contributed by atoms with van der Waals surface area (Å²) in [4.78, 5) is 16.3. The maximum absolute atomic E-state index is 11.0. The highest BCUT2D eigenvalue weighted by Gasteiger charge is 2.15. The molecule has 0 radical (unpaired) electrons. The summed E-state index contributed by atoms with van der Waals surface area (Å²) >= 11 is 2.15. The van der Waals surface area contributed by atoms with Crippen molar-refractivity contribution in [2.75, 3.05) is 34.9 Å². The summed E-state index contributed by atoms with van der Waals surface area (Å²) < 4.78 is 0. The van der Waals surface area contributed by atoms with Crippen molar-refractivity contribution in [3.05, 3.63) is 24.3 Å². The van der Waals surface area contributed by atoms with E-state index in [1.807, 2.05) is 29.2 Å². The van der Waals surface area contributed by atoms with Crippen LogP contribution in [0.25, 0.3) is 0 Å². The van der Waals surface area contributed by atoms with Gasteiger partial charge in [0, 0.05) is 20.1 Å². The van der Waals surface area contributed by atoms with Gasteiger partial charge in [0.2, 0.25) is 0 Å². The maximum atomic E-state index is 11.0. The van der Waals surface area contributed by atoms with Gasteiger partial charge in [-0.2, -0.15) is 0 Å². The number of benzene rings is 1. The SMILES string of the molecule is CCN(CC)c1ccccc1N(C)C(=O)O.CI. The minimum Gasteiger partial charge on any atom is -0.465 e. The van der Waals surface area contributed by atoms with Crippen LogP contribution in [0.1, 0.15) is 13.8 Å². The molecule has 4 nitrogen and oxygen atoms in total. The Morgan fingerprint density at radius 2 is 1.61 bits per heavy atom. The van der Waals surface area contributed by atoms with Gasteiger partial charge in [-0.15, -0.1) is 0 Å². The first-order chi connectivity index (χ1) is 8.61. The van der Waals surface area contributed by atoms with Crippen molar-refractivity contribution in [3.8, 4) is 0 Å². The van der Waals surface area contributed by atoms with Gasteiger partial charge in [0.25, 0.3) is 0 Å². The predicted octanol–water partition coefficient (Wildman–Crippen LogP) is 3.70. The first-order valence-electron chi connectivity index (χ1n) is 5.80. The third kappa shape index (κ3) is 4.36. The number of carboxylic acid groups (broad SMARTS) is 1. The smallest absolute Gasteiger partial charge is 0.411 e. The molecule has 0 saturated carbocycles. The maximum Gasteiger partial charge on any atom is 0.411 e. The molecule has 0 atom stereocenters. The van der Waals surface area contributed by atoms with E-state index in [1.165, 1.54) is 4.90 Å². The minimum atomic E-state index is -0.945. The van der Waals surface area contributed by atoms with E-state index in [1.54, 1.807) is 7.05 Å². The molecule has 0 aliphatic heterocycles. The fourth-order valence-electron chi connectivity index (χ4n) is 1.68. The van der Waals surface area contributed by atoms with E-state index in [0.29, 0.717) is 0 Å². The Balaban J connectivity index is 0.00000137. The fraction of sp³-hybridized carbons (Fsp3) is 0.462. The highest BCUT2D eigenvalue weighted by molar-refractivity contribution is 14.1. The lowest BCUT2D eigenvalue weighted by atomic mass is 10.2. The highest BCUT2D eigenvalue weighted by atomic mass is 127. The number of amides is 1. The molecule has 0 aliphatic rings. The van der Waals surface area contributed by atoms with Crippen molar-refractivity contribution in [1.29, 1.82) is 0 Å². The number of nitrogens with zero attached hydrogens (tertiary/aromatic N) is 2.